The average Bonchev–Trinajstić information content (AvgIpc) is 2.98. The molecule has 0 aliphatic rings. The second kappa shape index (κ2) is 12.3. The highest BCUT2D eigenvalue weighted by atomic mass is 32.2. The van der Waals surface area contributed by atoms with Crippen LogP contribution in [0.15, 0.2) is 108 Å². The molecule has 0 saturated carbocycles. The highest BCUT2D eigenvalue weighted by molar-refractivity contribution is 7.86. The summed E-state index contributed by atoms with van der Waals surface area (Å²) in [6.45, 7) is 1.35. The molecule has 20 heteroatoms. The molecule has 0 saturated heterocycles. The van der Waals surface area contributed by atoms with E-state index in [4.69, 9.17) is 0 Å². The Morgan fingerprint density at radius 2 is 1.25 bits per heavy atom. The van der Waals surface area contributed by atoms with Gasteiger partial charge in [0.25, 0.3) is 30.4 Å². The Hall–Kier alpha value is -5.38. The number of hydrogen-bond acceptors (Lipinski definition) is 13. The molecule has 17 nitrogen and oxygen atoms in total. The first kappa shape index (κ1) is 34.0. The number of carbonyl (C=O) groups is 1. The van der Waals surface area contributed by atoms with Gasteiger partial charge >= 0.3 is 0 Å². The lowest BCUT2D eigenvalue weighted by molar-refractivity contribution is -0.114. The van der Waals surface area contributed by atoms with E-state index in [2.05, 4.69) is 25.8 Å². The first-order valence-corrected chi connectivity index (χ1v) is 17.4. The van der Waals surface area contributed by atoms with Crippen molar-refractivity contribution < 1.29 is 53.9 Å². The van der Waals surface area contributed by atoms with Crippen LogP contribution in [0.5, 0.6) is 11.5 Å². The predicted molar refractivity (Wildman–Crippen MR) is 170 cm³/mol. The molecule has 0 spiro atoms. The Labute approximate surface area is 271 Å². The molecule has 0 atom stereocenters. The van der Waals surface area contributed by atoms with Gasteiger partial charge in [-0.2, -0.15) is 30.4 Å². The van der Waals surface area contributed by atoms with E-state index < -0.39 is 73.0 Å². The number of aromatic hydroxyl groups is 2. The molecule has 1 amide bonds. The fourth-order valence-electron chi connectivity index (χ4n) is 4.54. The van der Waals surface area contributed by atoms with Gasteiger partial charge in [-0.05, 0) is 66.0 Å². The number of carbonyl (C=O) groups excluding carboxylic acids is 1. The van der Waals surface area contributed by atoms with Gasteiger partial charge < -0.3 is 15.5 Å². The molecule has 0 aliphatic heterocycles. The Morgan fingerprint density at radius 1 is 0.646 bits per heavy atom. The van der Waals surface area contributed by atoms with E-state index in [0.717, 1.165) is 18.2 Å². The molecule has 0 aliphatic carbocycles. The van der Waals surface area contributed by atoms with E-state index in [1.807, 2.05) is 0 Å². The van der Waals surface area contributed by atoms with Crippen molar-refractivity contribution in [1.29, 1.82) is 0 Å². The summed E-state index contributed by atoms with van der Waals surface area (Å²) in [7, 11) is -14.8. The second-order valence-corrected chi connectivity index (χ2v) is 14.2. The monoisotopic (exact) mass is 715 g/mol. The molecule has 0 unspecified atom stereocenters. The van der Waals surface area contributed by atoms with Gasteiger partial charge in [-0.15, -0.1) is 15.3 Å². The van der Waals surface area contributed by atoms with Gasteiger partial charge in [0.05, 0.1) is 32.2 Å². The van der Waals surface area contributed by atoms with E-state index in [1.165, 1.54) is 25.1 Å². The van der Waals surface area contributed by atoms with Crippen molar-refractivity contribution in [1.82, 2.24) is 0 Å². The number of azo groups is 2. The number of hydrogen-bond donors (Lipinski definition) is 6. The maximum atomic E-state index is 12.3. The highest BCUT2D eigenvalue weighted by Crippen LogP contribution is 2.46. The maximum Gasteiger partial charge on any atom is 0.296 e. The van der Waals surface area contributed by atoms with Gasteiger partial charge in [-0.3, -0.25) is 18.5 Å². The van der Waals surface area contributed by atoms with Crippen LogP contribution in [0.1, 0.15) is 6.92 Å². The molecule has 0 heterocycles. The number of benzene rings is 5. The third kappa shape index (κ3) is 7.12. The van der Waals surface area contributed by atoms with Crippen molar-refractivity contribution in [2.45, 2.75) is 21.6 Å². The number of nitrogens with zero attached hydrogens (tertiary/aromatic N) is 4. The normalized spacial score (nSPS) is 12.8. The minimum Gasteiger partial charge on any atom is -0.507 e. The quantitative estimate of drug-likeness (QED) is 0.0805. The van der Waals surface area contributed by atoms with Crippen LogP contribution < -0.4 is 5.32 Å². The number of anilines is 1. The topological polar surface area (TPSA) is 282 Å². The molecule has 5 aromatic rings. The van der Waals surface area contributed by atoms with Crippen LogP contribution in [0.25, 0.3) is 21.5 Å². The summed E-state index contributed by atoms with van der Waals surface area (Å²) in [6.07, 6.45) is 0. The smallest absolute Gasteiger partial charge is 0.296 e. The Bertz CT molecular complexity index is 2550. The third-order valence-electron chi connectivity index (χ3n) is 6.64. The zero-order chi connectivity index (χ0) is 35.2. The highest BCUT2D eigenvalue weighted by Gasteiger charge is 2.25. The van der Waals surface area contributed by atoms with Gasteiger partial charge in [0, 0.05) is 29.4 Å². The molecule has 5 rings (SSSR count). The molecule has 48 heavy (non-hydrogen) atoms. The minimum absolute atomic E-state index is 0.000608. The summed E-state index contributed by atoms with van der Waals surface area (Å²) in [5.41, 5.74) is 0.0360. The predicted octanol–water partition coefficient (Wildman–Crippen LogP) is 5.93. The Balaban J connectivity index is 1.67. The van der Waals surface area contributed by atoms with Crippen LogP contribution in [0.4, 0.5) is 28.4 Å². The van der Waals surface area contributed by atoms with Gasteiger partial charge in [-0.25, -0.2) is 0 Å². The van der Waals surface area contributed by atoms with Crippen LogP contribution in [-0.2, 0) is 35.1 Å². The molecule has 0 bridgehead atoms. The zero-order valence-electron chi connectivity index (χ0n) is 24.0. The molecular formula is C28H21N5O12S3. The number of phenolic OH excluding ortho intramolecular Hbond substituents is 2. The first-order valence-electron chi connectivity index (χ1n) is 13.1. The average molecular weight is 716 g/mol. The lowest BCUT2D eigenvalue weighted by Gasteiger charge is -2.11. The van der Waals surface area contributed by atoms with E-state index >= 15 is 0 Å². The number of amides is 1. The lowest BCUT2D eigenvalue weighted by Crippen LogP contribution is -2.04. The molecule has 0 fully saturated rings. The fraction of sp³-hybridized carbons (Fsp3) is 0.0357. The SMILES string of the molecule is CC(=O)Nc1ccc(N=Nc2ccc(N=Nc3c(S(=O)(=O)O)cc4cc(S(=O)(=O)O)cc(O)c4c3O)c3cc(S(=O)(=O)O)ccc23)cc1. The summed E-state index contributed by atoms with van der Waals surface area (Å²) in [5, 5.41) is 39.3. The Kier molecular flexibility index (Phi) is 8.73. The number of fused-ring (bicyclic) bond motifs is 2. The van der Waals surface area contributed by atoms with Crippen LogP contribution in [0.3, 0.4) is 0 Å². The molecule has 5 aromatic carbocycles. The van der Waals surface area contributed by atoms with E-state index in [9.17, 15) is 53.9 Å². The van der Waals surface area contributed by atoms with Gasteiger partial charge in [0.1, 0.15) is 16.3 Å². The molecule has 0 radical (unpaired) electrons. The van der Waals surface area contributed by atoms with E-state index in [0.29, 0.717) is 23.5 Å². The molecule has 6 N–H and O–H groups in total. The summed E-state index contributed by atoms with van der Waals surface area (Å²) >= 11 is 0. The van der Waals surface area contributed by atoms with Gasteiger partial charge in [-0.1, -0.05) is 6.07 Å². The van der Waals surface area contributed by atoms with Crippen molar-refractivity contribution in [2.75, 3.05) is 5.32 Å². The maximum absolute atomic E-state index is 12.3. The summed E-state index contributed by atoms with van der Waals surface area (Å²) < 4.78 is 100. The van der Waals surface area contributed by atoms with Gasteiger partial charge in [0.15, 0.2) is 5.75 Å². The van der Waals surface area contributed by atoms with Crippen molar-refractivity contribution in [3.8, 4) is 11.5 Å². The van der Waals surface area contributed by atoms with Crippen molar-refractivity contribution in [3.05, 3.63) is 72.8 Å². The second-order valence-electron chi connectivity index (χ2n) is 9.98. The summed E-state index contributed by atoms with van der Waals surface area (Å²) in [6, 6.07) is 14.4. The Morgan fingerprint density at radius 3 is 1.83 bits per heavy atom. The van der Waals surface area contributed by atoms with Crippen molar-refractivity contribution >= 4 is 86.2 Å². The third-order valence-corrected chi connectivity index (χ3v) is 9.18. The van der Waals surface area contributed by atoms with Crippen LogP contribution in [0.2, 0.25) is 0 Å². The largest absolute Gasteiger partial charge is 0.507 e. The van der Waals surface area contributed by atoms with Gasteiger partial charge in [0.2, 0.25) is 5.91 Å². The number of rotatable bonds is 8. The van der Waals surface area contributed by atoms with Crippen LogP contribution in [0, 0.1) is 0 Å². The molecule has 248 valence electrons. The standard InChI is InChI=1S/C28H21N5O12S3/c1-14(34)29-16-2-4-17(5-3-16)30-31-22-8-9-23(21-12-18(46(37,38)39)6-7-20(21)22)32-33-27-25(48(43,44)45)11-15-10-19(47(40,41)42)13-24(35)26(15)28(27)36/h2-13,35-36H,1H3,(H,29,34)(H,37,38,39)(H,40,41,42)(H,43,44,45). The lowest BCUT2D eigenvalue weighted by atomic mass is 10.1. The molecular weight excluding hydrogens is 695 g/mol. The fourth-order valence-corrected chi connectivity index (χ4v) is 6.24. The number of nitrogens with one attached hydrogen (secondary N) is 1. The minimum atomic E-state index is -5.20. The van der Waals surface area contributed by atoms with Crippen LogP contribution in [-0.4, -0.2) is 55.0 Å². The van der Waals surface area contributed by atoms with E-state index in [1.54, 1.807) is 24.3 Å². The van der Waals surface area contributed by atoms with E-state index in [-0.39, 0.29) is 28.1 Å². The molecule has 0 aromatic heterocycles. The van der Waals surface area contributed by atoms with Crippen LogP contribution >= 0.6 is 0 Å². The first-order chi connectivity index (χ1) is 22.3. The summed E-state index contributed by atoms with van der Waals surface area (Å²) in [5.74, 6) is -2.23. The van der Waals surface area contributed by atoms with Crippen molar-refractivity contribution in [2.24, 2.45) is 20.5 Å². The number of phenols is 2. The summed E-state index contributed by atoms with van der Waals surface area (Å²) in [4.78, 5) is 8.78. The zero-order valence-corrected chi connectivity index (χ0v) is 26.5. The van der Waals surface area contributed by atoms with Crippen molar-refractivity contribution in [3.63, 3.8) is 0 Å².